The van der Waals surface area contributed by atoms with E-state index in [1.165, 1.54) is 11.8 Å². The summed E-state index contributed by atoms with van der Waals surface area (Å²) < 4.78 is 5.16. The minimum Gasteiger partial charge on any atom is -0.385 e. The van der Waals surface area contributed by atoms with Crippen LogP contribution in [0.3, 0.4) is 0 Å². The van der Waals surface area contributed by atoms with Crippen molar-refractivity contribution in [3.8, 4) is 0 Å². The number of ether oxygens (including phenoxy) is 1. The molecule has 0 spiro atoms. The summed E-state index contributed by atoms with van der Waals surface area (Å²) in [7, 11) is 1.65. The molecule has 1 heterocycles. The SMILES string of the molecule is COCCCN1C(=O)C(CC(=O)Nc2cc(C)ccc2C)SC1=Nc1c(C)cccc1C. The molecule has 3 rings (SSSR count). The second kappa shape index (κ2) is 10.8. The Morgan fingerprint density at radius 3 is 2.53 bits per heavy atom. The fourth-order valence-electron chi connectivity index (χ4n) is 3.62. The van der Waals surface area contributed by atoms with Gasteiger partial charge >= 0.3 is 0 Å². The number of para-hydroxylation sites is 1. The molecule has 6 nitrogen and oxygen atoms in total. The van der Waals surface area contributed by atoms with Gasteiger partial charge in [-0.2, -0.15) is 0 Å². The third kappa shape index (κ3) is 5.78. The van der Waals surface area contributed by atoms with E-state index < -0.39 is 5.25 Å². The number of amides is 2. The standard InChI is InChI=1S/C25H31N3O3S/c1-16-10-11-17(2)20(14-16)26-22(29)15-21-24(30)28(12-7-13-31-5)25(32-21)27-23-18(3)8-6-9-19(23)4/h6,8-11,14,21H,7,12-13,15H2,1-5H3,(H,26,29). The normalized spacial score (nSPS) is 17.3. The van der Waals surface area contributed by atoms with Gasteiger partial charge in [0.1, 0.15) is 5.25 Å². The Bertz CT molecular complexity index is 1010. The maximum atomic E-state index is 13.2. The average Bonchev–Trinajstić information content (AvgIpc) is 3.02. The quantitative estimate of drug-likeness (QED) is 0.576. The van der Waals surface area contributed by atoms with E-state index in [0.717, 1.165) is 33.6 Å². The lowest BCUT2D eigenvalue weighted by atomic mass is 10.1. The number of benzene rings is 2. The van der Waals surface area contributed by atoms with Crippen molar-refractivity contribution in [2.75, 3.05) is 25.6 Å². The number of nitrogens with zero attached hydrogens (tertiary/aromatic N) is 2. The summed E-state index contributed by atoms with van der Waals surface area (Å²) in [6.07, 6.45) is 0.805. The van der Waals surface area contributed by atoms with Gasteiger partial charge in [0.05, 0.1) is 5.69 Å². The molecule has 2 amide bonds. The number of aryl methyl sites for hydroxylation is 4. The van der Waals surface area contributed by atoms with Crippen LogP contribution in [0.25, 0.3) is 0 Å². The number of amidine groups is 1. The summed E-state index contributed by atoms with van der Waals surface area (Å²) in [5.41, 5.74) is 5.83. The molecule has 1 aliphatic rings. The number of hydrogen-bond acceptors (Lipinski definition) is 5. The van der Waals surface area contributed by atoms with Crippen molar-refractivity contribution in [1.82, 2.24) is 4.90 Å². The zero-order valence-electron chi connectivity index (χ0n) is 19.4. The first-order valence-electron chi connectivity index (χ1n) is 10.8. The number of carbonyl (C=O) groups is 2. The molecule has 1 N–H and O–H groups in total. The maximum Gasteiger partial charge on any atom is 0.242 e. The first kappa shape index (κ1) is 24.0. The third-order valence-electron chi connectivity index (χ3n) is 5.44. The Morgan fingerprint density at radius 2 is 1.84 bits per heavy atom. The minimum atomic E-state index is -0.495. The average molecular weight is 454 g/mol. The van der Waals surface area contributed by atoms with Crippen molar-refractivity contribution in [3.63, 3.8) is 0 Å². The fraction of sp³-hybridized carbons (Fsp3) is 0.400. The van der Waals surface area contributed by atoms with Gasteiger partial charge in [-0.25, -0.2) is 4.99 Å². The van der Waals surface area contributed by atoms with Crippen LogP contribution in [0.5, 0.6) is 0 Å². The Kier molecular flexibility index (Phi) is 8.10. The monoisotopic (exact) mass is 453 g/mol. The molecular weight excluding hydrogens is 422 g/mol. The van der Waals surface area contributed by atoms with Crippen LogP contribution in [0.4, 0.5) is 11.4 Å². The van der Waals surface area contributed by atoms with Crippen LogP contribution >= 0.6 is 11.8 Å². The molecule has 1 aliphatic heterocycles. The molecule has 7 heteroatoms. The first-order valence-corrected chi connectivity index (χ1v) is 11.7. The van der Waals surface area contributed by atoms with E-state index in [0.29, 0.717) is 24.7 Å². The topological polar surface area (TPSA) is 71.0 Å². The zero-order valence-corrected chi connectivity index (χ0v) is 20.2. The van der Waals surface area contributed by atoms with Crippen LogP contribution in [0.2, 0.25) is 0 Å². The van der Waals surface area contributed by atoms with E-state index in [1.807, 2.05) is 64.1 Å². The van der Waals surface area contributed by atoms with Gasteiger partial charge in [0.25, 0.3) is 0 Å². The Labute approximate surface area is 194 Å². The summed E-state index contributed by atoms with van der Waals surface area (Å²) in [4.78, 5) is 32.5. The molecule has 0 aromatic heterocycles. The fourth-order valence-corrected chi connectivity index (χ4v) is 4.79. The summed E-state index contributed by atoms with van der Waals surface area (Å²) in [6.45, 7) is 9.04. The number of rotatable bonds is 8. The number of thioether (sulfide) groups is 1. The van der Waals surface area contributed by atoms with Gasteiger partial charge in [0.2, 0.25) is 11.8 Å². The van der Waals surface area contributed by atoms with E-state index in [-0.39, 0.29) is 18.2 Å². The lowest BCUT2D eigenvalue weighted by molar-refractivity contribution is -0.128. The zero-order chi connectivity index (χ0) is 23.3. The summed E-state index contributed by atoms with van der Waals surface area (Å²) in [5, 5.41) is 3.12. The molecule has 1 saturated heterocycles. The van der Waals surface area contributed by atoms with Gasteiger partial charge < -0.3 is 10.1 Å². The number of hydrogen-bond donors (Lipinski definition) is 1. The molecule has 0 saturated carbocycles. The van der Waals surface area contributed by atoms with Gasteiger partial charge in [-0.1, -0.05) is 42.1 Å². The summed E-state index contributed by atoms with van der Waals surface area (Å²) in [5.74, 6) is -0.248. The third-order valence-corrected chi connectivity index (χ3v) is 6.61. The molecule has 1 fully saturated rings. The highest BCUT2D eigenvalue weighted by molar-refractivity contribution is 8.15. The minimum absolute atomic E-state index is 0.0767. The molecule has 170 valence electrons. The Balaban J connectivity index is 1.80. The summed E-state index contributed by atoms with van der Waals surface area (Å²) in [6, 6.07) is 12.0. The van der Waals surface area contributed by atoms with Gasteiger partial charge in [0, 0.05) is 32.4 Å². The lowest BCUT2D eigenvalue weighted by Crippen LogP contribution is -2.34. The Morgan fingerprint density at radius 1 is 1.12 bits per heavy atom. The van der Waals surface area contributed by atoms with Gasteiger partial charge in [-0.05, 0) is 62.4 Å². The molecular formula is C25H31N3O3S. The molecule has 1 unspecified atom stereocenters. The van der Waals surface area contributed by atoms with Crippen molar-refractivity contribution >= 4 is 40.1 Å². The number of carbonyl (C=O) groups excluding carboxylic acids is 2. The van der Waals surface area contributed by atoms with Crippen molar-refractivity contribution in [2.45, 2.75) is 45.8 Å². The van der Waals surface area contributed by atoms with Crippen molar-refractivity contribution in [1.29, 1.82) is 0 Å². The van der Waals surface area contributed by atoms with Crippen LogP contribution in [-0.2, 0) is 14.3 Å². The van der Waals surface area contributed by atoms with Gasteiger partial charge in [-0.15, -0.1) is 0 Å². The second-order valence-corrected chi connectivity index (χ2v) is 9.32. The van der Waals surface area contributed by atoms with Crippen molar-refractivity contribution in [2.24, 2.45) is 4.99 Å². The molecule has 2 aromatic carbocycles. The van der Waals surface area contributed by atoms with E-state index in [1.54, 1.807) is 12.0 Å². The van der Waals surface area contributed by atoms with Crippen molar-refractivity contribution < 1.29 is 14.3 Å². The van der Waals surface area contributed by atoms with Crippen molar-refractivity contribution in [3.05, 3.63) is 58.7 Å². The predicted octanol–water partition coefficient (Wildman–Crippen LogP) is 4.92. The predicted molar refractivity (Wildman–Crippen MR) is 132 cm³/mol. The Hall–Kier alpha value is -2.64. The second-order valence-electron chi connectivity index (χ2n) is 8.15. The van der Waals surface area contributed by atoms with E-state index in [2.05, 4.69) is 5.32 Å². The molecule has 1 atom stereocenters. The van der Waals surface area contributed by atoms with Crippen LogP contribution in [0.1, 0.15) is 35.1 Å². The van der Waals surface area contributed by atoms with Crippen LogP contribution in [0, 0.1) is 27.7 Å². The first-order chi connectivity index (χ1) is 15.3. The number of methoxy groups -OCH3 is 1. The van der Waals surface area contributed by atoms with Crippen LogP contribution in [0.15, 0.2) is 41.4 Å². The number of aliphatic imine (C=N–C) groups is 1. The maximum absolute atomic E-state index is 13.2. The molecule has 32 heavy (non-hydrogen) atoms. The highest BCUT2D eigenvalue weighted by atomic mass is 32.2. The molecule has 0 radical (unpaired) electrons. The van der Waals surface area contributed by atoms with E-state index in [9.17, 15) is 9.59 Å². The largest absolute Gasteiger partial charge is 0.385 e. The molecule has 2 aromatic rings. The number of nitrogens with one attached hydrogen (secondary N) is 1. The van der Waals surface area contributed by atoms with Crippen LogP contribution < -0.4 is 5.32 Å². The lowest BCUT2D eigenvalue weighted by Gasteiger charge is -2.17. The summed E-state index contributed by atoms with van der Waals surface area (Å²) >= 11 is 1.37. The molecule has 0 aliphatic carbocycles. The van der Waals surface area contributed by atoms with Gasteiger partial charge in [-0.3, -0.25) is 14.5 Å². The van der Waals surface area contributed by atoms with E-state index >= 15 is 0 Å². The smallest absolute Gasteiger partial charge is 0.242 e. The number of anilines is 1. The van der Waals surface area contributed by atoms with Gasteiger partial charge in [0.15, 0.2) is 5.17 Å². The highest BCUT2D eigenvalue weighted by Gasteiger charge is 2.39. The van der Waals surface area contributed by atoms with Crippen LogP contribution in [-0.4, -0.2) is 47.4 Å². The highest BCUT2D eigenvalue weighted by Crippen LogP contribution is 2.34. The molecule has 0 bridgehead atoms. The van der Waals surface area contributed by atoms with E-state index in [4.69, 9.17) is 9.73 Å².